The Labute approximate surface area is 132 Å². The Kier molecular flexibility index (Phi) is 4.83. The highest BCUT2D eigenvalue weighted by Crippen LogP contribution is 2.32. The van der Waals surface area contributed by atoms with Crippen LogP contribution < -0.4 is 10.6 Å². The number of nitrogens with one attached hydrogen (secondary N) is 2. The molecule has 0 aliphatic heterocycles. The van der Waals surface area contributed by atoms with Gasteiger partial charge in [-0.2, -0.15) is 0 Å². The van der Waals surface area contributed by atoms with Crippen molar-refractivity contribution in [1.29, 1.82) is 0 Å². The molecule has 2 rings (SSSR count). The van der Waals surface area contributed by atoms with E-state index in [9.17, 15) is 9.59 Å². The number of amides is 2. The van der Waals surface area contributed by atoms with Crippen LogP contribution in [0.2, 0.25) is 10.0 Å². The second kappa shape index (κ2) is 6.61. The summed E-state index contributed by atoms with van der Waals surface area (Å²) >= 11 is 12.1. The Morgan fingerprint density at radius 2 is 1.52 bits per heavy atom. The number of anilines is 2. The summed E-state index contributed by atoms with van der Waals surface area (Å²) in [4.78, 5) is 23.2. The monoisotopic (exact) mass is 322 g/mol. The van der Waals surface area contributed by atoms with E-state index in [0.717, 1.165) is 0 Å². The third-order valence-corrected chi connectivity index (χ3v) is 3.32. The molecule has 0 aliphatic rings. The number of hydrogen-bond acceptors (Lipinski definition) is 2. The van der Waals surface area contributed by atoms with Gasteiger partial charge in [0.2, 0.25) is 0 Å². The lowest BCUT2D eigenvalue weighted by molar-refractivity contribution is 0.101. The summed E-state index contributed by atoms with van der Waals surface area (Å²) < 4.78 is 0. The van der Waals surface area contributed by atoms with Gasteiger partial charge >= 0.3 is 6.03 Å². The van der Waals surface area contributed by atoms with Gasteiger partial charge in [0.15, 0.2) is 5.78 Å². The largest absolute Gasteiger partial charge is 0.323 e. The third kappa shape index (κ3) is 3.97. The van der Waals surface area contributed by atoms with Crippen LogP contribution in [0.15, 0.2) is 42.5 Å². The lowest BCUT2D eigenvalue weighted by Crippen LogP contribution is -2.20. The van der Waals surface area contributed by atoms with Crippen LogP contribution >= 0.6 is 23.2 Å². The standard InChI is InChI=1S/C15H12Cl2N2O2/c1-9(20)10-7-12(16)14(13(17)8-10)19-15(21)18-11-5-3-2-4-6-11/h2-8H,1H3,(H2,18,19,21). The maximum Gasteiger partial charge on any atom is 0.323 e. The van der Waals surface area contributed by atoms with Crippen molar-refractivity contribution in [2.75, 3.05) is 10.6 Å². The lowest BCUT2D eigenvalue weighted by atomic mass is 10.1. The van der Waals surface area contributed by atoms with Crippen LogP contribution in [0.3, 0.4) is 0 Å². The van der Waals surface area contributed by atoms with E-state index < -0.39 is 6.03 Å². The van der Waals surface area contributed by atoms with Crippen molar-refractivity contribution in [3.8, 4) is 0 Å². The van der Waals surface area contributed by atoms with Crippen LogP contribution in [0.5, 0.6) is 0 Å². The highest BCUT2D eigenvalue weighted by molar-refractivity contribution is 6.40. The zero-order valence-electron chi connectivity index (χ0n) is 11.1. The first-order valence-corrected chi connectivity index (χ1v) is 6.86. The fraction of sp³-hybridized carbons (Fsp3) is 0.0667. The topological polar surface area (TPSA) is 58.2 Å². The number of ketones is 1. The predicted octanol–water partition coefficient (Wildman–Crippen LogP) is 4.84. The molecule has 6 heteroatoms. The van der Waals surface area contributed by atoms with E-state index in [1.807, 2.05) is 6.07 Å². The number of halogens is 2. The molecule has 108 valence electrons. The van der Waals surface area contributed by atoms with Gasteiger partial charge in [-0.25, -0.2) is 4.79 Å². The number of hydrogen-bond donors (Lipinski definition) is 2. The molecule has 0 radical (unpaired) electrons. The molecule has 2 aromatic carbocycles. The van der Waals surface area contributed by atoms with E-state index >= 15 is 0 Å². The van der Waals surface area contributed by atoms with Crippen molar-refractivity contribution in [2.24, 2.45) is 0 Å². The fourth-order valence-corrected chi connectivity index (χ4v) is 2.27. The van der Waals surface area contributed by atoms with Gasteiger partial charge in [-0.05, 0) is 31.2 Å². The molecule has 0 fully saturated rings. The van der Waals surface area contributed by atoms with Crippen LogP contribution in [0.1, 0.15) is 17.3 Å². The van der Waals surface area contributed by atoms with Crippen LogP contribution in [0.25, 0.3) is 0 Å². The third-order valence-electron chi connectivity index (χ3n) is 2.72. The zero-order chi connectivity index (χ0) is 15.4. The molecule has 0 heterocycles. The first-order chi connectivity index (χ1) is 9.97. The molecule has 0 aliphatic carbocycles. The van der Waals surface area contributed by atoms with Crippen molar-refractivity contribution in [3.05, 3.63) is 58.1 Å². The van der Waals surface area contributed by atoms with Gasteiger partial charge < -0.3 is 10.6 Å². The summed E-state index contributed by atoms with van der Waals surface area (Å²) in [7, 11) is 0. The van der Waals surface area contributed by atoms with Crippen LogP contribution in [-0.4, -0.2) is 11.8 Å². The fourth-order valence-electron chi connectivity index (χ4n) is 1.69. The number of urea groups is 1. The Morgan fingerprint density at radius 3 is 2.05 bits per heavy atom. The summed E-state index contributed by atoms with van der Waals surface area (Å²) in [5.74, 6) is -0.154. The molecule has 2 amide bonds. The molecular formula is C15H12Cl2N2O2. The van der Waals surface area contributed by atoms with Crippen molar-refractivity contribution in [1.82, 2.24) is 0 Å². The highest BCUT2D eigenvalue weighted by Gasteiger charge is 2.13. The predicted molar refractivity (Wildman–Crippen MR) is 85.5 cm³/mol. The van der Waals surface area contributed by atoms with Crippen LogP contribution in [0.4, 0.5) is 16.2 Å². The number of benzene rings is 2. The SMILES string of the molecule is CC(=O)c1cc(Cl)c(NC(=O)Nc2ccccc2)c(Cl)c1. The number of carbonyl (C=O) groups excluding carboxylic acids is 2. The zero-order valence-corrected chi connectivity index (χ0v) is 12.6. The number of para-hydroxylation sites is 1. The van der Waals surface area contributed by atoms with E-state index in [1.54, 1.807) is 24.3 Å². The number of Topliss-reactive ketones (excluding diaryl/α,β-unsaturated/α-hetero) is 1. The first kappa shape index (κ1) is 15.4. The molecule has 0 saturated heterocycles. The van der Waals surface area contributed by atoms with Crippen molar-refractivity contribution in [2.45, 2.75) is 6.92 Å². The van der Waals surface area contributed by atoms with Gasteiger partial charge in [-0.3, -0.25) is 4.79 Å². The molecule has 0 saturated carbocycles. The van der Waals surface area contributed by atoms with Crippen LogP contribution in [0, 0.1) is 0 Å². The molecule has 21 heavy (non-hydrogen) atoms. The van der Waals surface area contributed by atoms with E-state index in [2.05, 4.69) is 10.6 Å². The Balaban J connectivity index is 2.16. The van der Waals surface area contributed by atoms with Crippen molar-refractivity contribution < 1.29 is 9.59 Å². The van der Waals surface area contributed by atoms with Gasteiger partial charge in [0.25, 0.3) is 0 Å². The molecule has 2 aromatic rings. The highest BCUT2D eigenvalue weighted by atomic mass is 35.5. The molecule has 0 aromatic heterocycles. The smallest absolute Gasteiger partial charge is 0.308 e. The molecule has 4 nitrogen and oxygen atoms in total. The summed E-state index contributed by atoms with van der Waals surface area (Å²) in [6.07, 6.45) is 0. The molecule has 0 atom stereocenters. The van der Waals surface area contributed by atoms with Gasteiger partial charge in [-0.1, -0.05) is 41.4 Å². The Morgan fingerprint density at radius 1 is 0.952 bits per heavy atom. The molecule has 2 N–H and O–H groups in total. The molecule has 0 unspecified atom stereocenters. The quantitative estimate of drug-likeness (QED) is 0.794. The lowest BCUT2D eigenvalue weighted by Gasteiger charge is -2.11. The van der Waals surface area contributed by atoms with Gasteiger partial charge in [0.05, 0.1) is 15.7 Å². The van der Waals surface area contributed by atoms with E-state index in [-0.39, 0.29) is 21.5 Å². The molecule has 0 spiro atoms. The van der Waals surface area contributed by atoms with E-state index in [1.165, 1.54) is 19.1 Å². The first-order valence-electron chi connectivity index (χ1n) is 6.10. The van der Waals surface area contributed by atoms with Gasteiger partial charge in [0, 0.05) is 11.3 Å². The van der Waals surface area contributed by atoms with E-state index in [0.29, 0.717) is 11.3 Å². The molecule has 0 bridgehead atoms. The number of rotatable bonds is 3. The summed E-state index contributed by atoms with van der Waals surface area (Å²) in [6, 6.07) is 11.4. The maximum absolute atomic E-state index is 11.9. The van der Waals surface area contributed by atoms with Crippen LogP contribution in [-0.2, 0) is 0 Å². The van der Waals surface area contributed by atoms with Gasteiger partial charge in [0.1, 0.15) is 0 Å². The van der Waals surface area contributed by atoms with E-state index in [4.69, 9.17) is 23.2 Å². The van der Waals surface area contributed by atoms with Crippen molar-refractivity contribution >= 4 is 46.4 Å². The Bertz CT molecular complexity index is 664. The summed E-state index contributed by atoms with van der Waals surface area (Å²) in [6.45, 7) is 1.41. The normalized spacial score (nSPS) is 10.0. The maximum atomic E-state index is 11.9. The minimum Gasteiger partial charge on any atom is -0.308 e. The number of carbonyl (C=O) groups is 2. The minimum absolute atomic E-state index is 0.154. The summed E-state index contributed by atoms with van der Waals surface area (Å²) in [5.41, 5.74) is 1.29. The van der Waals surface area contributed by atoms with Gasteiger partial charge in [-0.15, -0.1) is 0 Å². The average Bonchev–Trinajstić information content (AvgIpc) is 2.43. The summed E-state index contributed by atoms with van der Waals surface area (Å²) in [5, 5.41) is 5.62. The average molecular weight is 323 g/mol. The second-order valence-electron chi connectivity index (χ2n) is 4.32. The molecular weight excluding hydrogens is 311 g/mol. The Hall–Kier alpha value is -2.04. The van der Waals surface area contributed by atoms with Crippen molar-refractivity contribution in [3.63, 3.8) is 0 Å². The minimum atomic E-state index is -0.472. The second-order valence-corrected chi connectivity index (χ2v) is 5.13.